The summed E-state index contributed by atoms with van der Waals surface area (Å²) in [5.41, 5.74) is 2.72. The molecule has 0 radical (unpaired) electrons. The molecule has 2 N–H and O–H groups in total. The van der Waals surface area contributed by atoms with Crippen LogP contribution in [-0.2, 0) is 11.2 Å². The summed E-state index contributed by atoms with van der Waals surface area (Å²) in [6.45, 7) is 1.08. The number of ether oxygens (including phenoxy) is 1. The van der Waals surface area contributed by atoms with E-state index in [-0.39, 0.29) is 6.10 Å². The third kappa shape index (κ3) is 3.56. The zero-order chi connectivity index (χ0) is 13.1. The molecule has 0 aliphatic heterocycles. The van der Waals surface area contributed by atoms with Crippen molar-refractivity contribution < 1.29 is 9.84 Å². The van der Waals surface area contributed by atoms with Gasteiger partial charge in [0, 0.05) is 12.6 Å². The molecule has 0 bridgehead atoms. The SMILES string of the molecule is OC(CNC1CC1)COC1CCCc2ccccc21. The van der Waals surface area contributed by atoms with Crippen LogP contribution in [0.4, 0.5) is 0 Å². The van der Waals surface area contributed by atoms with Crippen molar-refractivity contribution in [3.8, 4) is 0 Å². The molecule has 1 aromatic rings. The third-order valence-electron chi connectivity index (χ3n) is 4.02. The minimum atomic E-state index is -0.394. The molecule has 0 saturated heterocycles. The summed E-state index contributed by atoms with van der Waals surface area (Å²) in [6.07, 6.45) is 5.68. The second kappa shape index (κ2) is 6.04. The number of aliphatic hydroxyl groups is 1. The molecule has 2 aliphatic rings. The summed E-state index contributed by atoms with van der Waals surface area (Å²) in [6, 6.07) is 9.16. The first-order chi connectivity index (χ1) is 9.33. The Hall–Kier alpha value is -0.900. The summed E-state index contributed by atoms with van der Waals surface area (Å²) in [4.78, 5) is 0. The largest absolute Gasteiger partial charge is 0.389 e. The van der Waals surface area contributed by atoms with Gasteiger partial charge in [-0.3, -0.25) is 0 Å². The minimum absolute atomic E-state index is 0.167. The Labute approximate surface area is 115 Å². The van der Waals surface area contributed by atoms with Crippen molar-refractivity contribution in [1.29, 1.82) is 0 Å². The van der Waals surface area contributed by atoms with Crippen LogP contribution in [0.2, 0.25) is 0 Å². The molecular weight excluding hydrogens is 238 g/mol. The first-order valence-electron chi connectivity index (χ1n) is 7.44. The topological polar surface area (TPSA) is 41.5 Å². The second-order valence-corrected chi connectivity index (χ2v) is 5.75. The average Bonchev–Trinajstić information content (AvgIpc) is 3.27. The molecule has 3 nitrogen and oxygen atoms in total. The Bertz CT molecular complexity index is 417. The molecule has 2 aliphatic carbocycles. The van der Waals surface area contributed by atoms with Crippen molar-refractivity contribution in [2.75, 3.05) is 13.2 Å². The van der Waals surface area contributed by atoms with Gasteiger partial charge in [-0.05, 0) is 43.2 Å². The van der Waals surface area contributed by atoms with Crippen molar-refractivity contribution >= 4 is 0 Å². The molecule has 1 saturated carbocycles. The van der Waals surface area contributed by atoms with Gasteiger partial charge in [0.25, 0.3) is 0 Å². The van der Waals surface area contributed by atoms with Crippen molar-refractivity contribution in [2.24, 2.45) is 0 Å². The summed E-state index contributed by atoms with van der Waals surface area (Å²) >= 11 is 0. The lowest BCUT2D eigenvalue weighted by atomic mass is 9.89. The Morgan fingerprint density at radius 3 is 2.95 bits per heavy atom. The number of hydrogen-bond donors (Lipinski definition) is 2. The normalized spacial score (nSPS) is 23.9. The number of rotatable bonds is 6. The van der Waals surface area contributed by atoms with E-state index in [9.17, 15) is 5.11 Å². The van der Waals surface area contributed by atoms with E-state index in [4.69, 9.17) is 4.74 Å². The quantitative estimate of drug-likeness (QED) is 0.825. The fourth-order valence-corrected chi connectivity index (χ4v) is 2.76. The van der Waals surface area contributed by atoms with Crippen LogP contribution >= 0.6 is 0 Å². The van der Waals surface area contributed by atoms with Crippen LogP contribution in [0.5, 0.6) is 0 Å². The minimum Gasteiger partial charge on any atom is -0.389 e. The van der Waals surface area contributed by atoms with E-state index in [0.717, 1.165) is 12.8 Å². The van der Waals surface area contributed by atoms with Crippen LogP contribution in [0.25, 0.3) is 0 Å². The van der Waals surface area contributed by atoms with Gasteiger partial charge in [-0.2, -0.15) is 0 Å². The van der Waals surface area contributed by atoms with Gasteiger partial charge in [-0.1, -0.05) is 24.3 Å². The van der Waals surface area contributed by atoms with Crippen LogP contribution in [0, 0.1) is 0 Å². The molecule has 3 heteroatoms. The number of aliphatic hydroxyl groups excluding tert-OH is 1. The highest BCUT2D eigenvalue weighted by Gasteiger charge is 2.23. The molecule has 2 atom stereocenters. The summed E-state index contributed by atoms with van der Waals surface area (Å²) < 4.78 is 5.93. The number of benzene rings is 1. The smallest absolute Gasteiger partial charge is 0.0898 e. The van der Waals surface area contributed by atoms with Crippen molar-refractivity contribution in [3.63, 3.8) is 0 Å². The van der Waals surface area contributed by atoms with Crippen LogP contribution in [0.3, 0.4) is 0 Å². The molecular formula is C16H23NO2. The van der Waals surface area contributed by atoms with E-state index in [0.29, 0.717) is 19.2 Å². The van der Waals surface area contributed by atoms with Gasteiger partial charge in [0.2, 0.25) is 0 Å². The van der Waals surface area contributed by atoms with Crippen LogP contribution in [0.15, 0.2) is 24.3 Å². The van der Waals surface area contributed by atoms with Crippen molar-refractivity contribution in [3.05, 3.63) is 35.4 Å². The maximum Gasteiger partial charge on any atom is 0.0898 e. The first-order valence-corrected chi connectivity index (χ1v) is 7.44. The van der Waals surface area contributed by atoms with E-state index in [1.165, 1.54) is 30.4 Å². The second-order valence-electron chi connectivity index (χ2n) is 5.75. The molecule has 104 valence electrons. The van der Waals surface area contributed by atoms with Crippen LogP contribution < -0.4 is 5.32 Å². The van der Waals surface area contributed by atoms with Gasteiger partial charge in [0.05, 0.1) is 18.8 Å². The van der Waals surface area contributed by atoms with Gasteiger partial charge >= 0.3 is 0 Å². The predicted molar refractivity (Wildman–Crippen MR) is 75.1 cm³/mol. The summed E-state index contributed by atoms with van der Waals surface area (Å²) in [5, 5.41) is 13.3. The van der Waals surface area contributed by atoms with E-state index in [1.807, 2.05) is 0 Å². The fraction of sp³-hybridized carbons (Fsp3) is 0.625. The number of fused-ring (bicyclic) bond motifs is 1. The van der Waals surface area contributed by atoms with Gasteiger partial charge in [-0.15, -0.1) is 0 Å². The summed E-state index contributed by atoms with van der Waals surface area (Å²) in [7, 11) is 0. The van der Waals surface area contributed by atoms with Crippen LogP contribution in [0.1, 0.15) is 42.9 Å². The molecule has 2 unspecified atom stereocenters. The monoisotopic (exact) mass is 261 g/mol. The van der Waals surface area contributed by atoms with Crippen molar-refractivity contribution in [2.45, 2.75) is 50.4 Å². The van der Waals surface area contributed by atoms with E-state index in [2.05, 4.69) is 29.6 Å². The Kier molecular flexibility index (Phi) is 4.16. The van der Waals surface area contributed by atoms with Gasteiger partial charge < -0.3 is 15.2 Å². The number of hydrogen-bond acceptors (Lipinski definition) is 3. The number of nitrogens with one attached hydrogen (secondary N) is 1. The predicted octanol–water partition coefficient (Wildman–Crippen LogP) is 2.19. The Morgan fingerprint density at radius 1 is 1.26 bits per heavy atom. The van der Waals surface area contributed by atoms with E-state index >= 15 is 0 Å². The third-order valence-corrected chi connectivity index (χ3v) is 4.02. The highest BCUT2D eigenvalue weighted by Crippen LogP contribution is 2.32. The van der Waals surface area contributed by atoms with Crippen molar-refractivity contribution in [1.82, 2.24) is 5.32 Å². The van der Waals surface area contributed by atoms with Crippen LogP contribution in [-0.4, -0.2) is 30.4 Å². The molecule has 0 heterocycles. The van der Waals surface area contributed by atoms with E-state index < -0.39 is 6.10 Å². The lowest BCUT2D eigenvalue weighted by molar-refractivity contribution is -0.0167. The molecule has 0 aromatic heterocycles. The maximum atomic E-state index is 9.92. The molecule has 1 aromatic carbocycles. The molecule has 0 spiro atoms. The maximum absolute atomic E-state index is 9.92. The lowest BCUT2D eigenvalue weighted by Crippen LogP contribution is -2.32. The average molecular weight is 261 g/mol. The fourth-order valence-electron chi connectivity index (χ4n) is 2.76. The lowest BCUT2D eigenvalue weighted by Gasteiger charge is -2.26. The van der Waals surface area contributed by atoms with E-state index in [1.54, 1.807) is 0 Å². The first kappa shape index (κ1) is 13.1. The highest BCUT2D eigenvalue weighted by molar-refractivity contribution is 5.31. The highest BCUT2D eigenvalue weighted by atomic mass is 16.5. The molecule has 0 amide bonds. The Balaban J connectivity index is 1.49. The van der Waals surface area contributed by atoms with Gasteiger partial charge in [0.15, 0.2) is 0 Å². The zero-order valence-corrected chi connectivity index (χ0v) is 11.3. The standard InChI is InChI=1S/C16H23NO2/c18-14(10-17-13-8-9-13)11-19-16-7-3-5-12-4-1-2-6-15(12)16/h1-2,4,6,13-14,16-18H,3,5,7-11H2. The zero-order valence-electron chi connectivity index (χ0n) is 11.3. The number of aryl methyl sites for hydroxylation is 1. The van der Waals surface area contributed by atoms with Gasteiger partial charge in [0.1, 0.15) is 0 Å². The van der Waals surface area contributed by atoms with Gasteiger partial charge in [-0.25, -0.2) is 0 Å². The molecule has 3 rings (SSSR count). The molecule has 1 fully saturated rings. The summed E-state index contributed by atoms with van der Waals surface area (Å²) in [5.74, 6) is 0. The molecule has 19 heavy (non-hydrogen) atoms. The Morgan fingerprint density at radius 2 is 2.11 bits per heavy atom.